The van der Waals surface area contributed by atoms with Crippen LogP contribution in [0.25, 0.3) is 0 Å². The summed E-state index contributed by atoms with van der Waals surface area (Å²) < 4.78 is 11.7. The van der Waals surface area contributed by atoms with Crippen LogP contribution in [0.2, 0.25) is 0 Å². The predicted molar refractivity (Wildman–Crippen MR) is 49.4 cm³/mol. The summed E-state index contributed by atoms with van der Waals surface area (Å²) in [4.78, 5) is 9.92. The zero-order valence-electron chi connectivity index (χ0n) is 7.51. The van der Waals surface area contributed by atoms with Crippen LogP contribution in [0.4, 0.5) is 9.18 Å². The molecule has 0 bridgehead atoms. The second-order valence-electron chi connectivity index (χ2n) is 2.94. The van der Waals surface area contributed by atoms with Crippen molar-refractivity contribution in [2.75, 3.05) is 6.54 Å². The largest absolute Gasteiger partial charge is 0.397 e. The van der Waals surface area contributed by atoms with Crippen LogP contribution < -0.4 is 5.32 Å². The van der Waals surface area contributed by atoms with E-state index in [0.717, 1.165) is 5.56 Å². The van der Waals surface area contributed by atoms with Gasteiger partial charge in [0.2, 0.25) is 0 Å². The fourth-order valence-electron chi connectivity index (χ4n) is 1.17. The highest BCUT2D eigenvalue weighted by Crippen LogP contribution is 2.03. The van der Waals surface area contributed by atoms with E-state index in [2.05, 4.69) is 5.32 Å². The molecular weight excluding hydrogens is 169 g/mol. The number of carbonyl (C=O) groups excluding carboxylic acids is 1. The fraction of sp³-hybridized carbons (Fsp3) is 0.300. The molecule has 1 amide bonds. The van der Waals surface area contributed by atoms with Crippen molar-refractivity contribution in [2.24, 2.45) is 0 Å². The van der Waals surface area contributed by atoms with Gasteiger partial charge in [-0.2, -0.15) is 0 Å². The second-order valence-corrected chi connectivity index (χ2v) is 2.94. The highest BCUT2D eigenvalue weighted by Gasteiger charge is 1.96. The lowest BCUT2D eigenvalue weighted by atomic mass is 10.1. The Kier molecular flexibility index (Phi) is 3.43. The molecule has 70 valence electrons. The van der Waals surface area contributed by atoms with Crippen LogP contribution in [0.3, 0.4) is 0 Å². The number of halogens is 1. The Balaban J connectivity index is 2.41. The first-order valence-corrected chi connectivity index (χ1v) is 4.17. The number of hydrogen-bond acceptors (Lipinski definition) is 1. The van der Waals surface area contributed by atoms with Crippen LogP contribution >= 0.6 is 0 Å². The Hall–Kier alpha value is -1.38. The van der Waals surface area contributed by atoms with E-state index in [9.17, 15) is 9.18 Å². The van der Waals surface area contributed by atoms with Gasteiger partial charge >= 0.3 is 6.16 Å². The Labute approximate surface area is 76.8 Å². The molecule has 0 heterocycles. The van der Waals surface area contributed by atoms with Crippen molar-refractivity contribution < 1.29 is 9.18 Å². The van der Waals surface area contributed by atoms with Crippen LogP contribution in [0, 0.1) is 6.92 Å². The van der Waals surface area contributed by atoms with Gasteiger partial charge < -0.3 is 5.32 Å². The number of aryl methyl sites for hydroxylation is 1. The summed E-state index contributed by atoms with van der Waals surface area (Å²) in [7, 11) is 0. The number of amides is 1. The van der Waals surface area contributed by atoms with Gasteiger partial charge in [-0.25, -0.2) is 4.79 Å². The Morgan fingerprint density at radius 1 is 1.54 bits per heavy atom. The topological polar surface area (TPSA) is 29.1 Å². The van der Waals surface area contributed by atoms with Crippen molar-refractivity contribution >= 4 is 6.16 Å². The molecule has 0 saturated heterocycles. The van der Waals surface area contributed by atoms with Crippen LogP contribution in [-0.2, 0) is 6.42 Å². The molecule has 0 unspecified atom stereocenters. The van der Waals surface area contributed by atoms with E-state index in [1.165, 1.54) is 5.56 Å². The van der Waals surface area contributed by atoms with Gasteiger partial charge in [-0.1, -0.05) is 29.8 Å². The maximum Gasteiger partial charge on any atom is 0.397 e. The zero-order valence-corrected chi connectivity index (χ0v) is 7.51. The van der Waals surface area contributed by atoms with E-state index in [1.807, 2.05) is 31.2 Å². The molecule has 0 aromatic heterocycles. The molecule has 1 rings (SSSR count). The quantitative estimate of drug-likeness (QED) is 0.562. The van der Waals surface area contributed by atoms with Gasteiger partial charge in [-0.3, -0.25) is 0 Å². The summed E-state index contributed by atoms with van der Waals surface area (Å²) in [5, 5.41) is 2.11. The van der Waals surface area contributed by atoms with Gasteiger partial charge in [-0.15, -0.1) is 4.39 Å². The Bertz CT molecular complexity index is 299. The van der Waals surface area contributed by atoms with Gasteiger partial charge in [0, 0.05) is 6.54 Å². The summed E-state index contributed by atoms with van der Waals surface area (Å²) in [5.74, 6) is 0. The molecule has 13 heavy (non-hydrogen) atoms. The first kappa shape index (κ1) is 9.71. The molecule has 0 spiro atoms. The molecule has 0 radical (unpaired) electrons. The lowest BCUT2D eigenvalue weighted by Gasteiger charge is -2.01. The molecule has 0 aliphatic heterocycles. The molecule has 0 aliphatic rings. The first-order chi connectivity index (χ1) is 6.18. The minimum absolute atomic E-state index is 0.346. The first-order valence-electron chi connectivity index (χ1n) is 4.17. The summed E-state index contributed by atoms with van der Waals surface area (Å²) in [6, 6.07) is 7.92. The number of carbonyl (C=O) groups is 1. The molecule has 1 N–H and O–H groups in total. The molecule has 1 aromatic carbocycles. The third-order valence-electron chi connectivity index (χ3n) is 1.76. The fourth-order valence-corrected chi connectivity index (χ4v) is 1.17. The lowest BCUT2D eigenvalue weighted by molar-refractivity contribution is 0.221. The van der Waals surface area contributed by atoms with Gasteiger partial charge in [0.15, 0.2) is 0 Å². The minimum atomic E-state index is -1.47. The SMILES string of the molecule is Cc1cccc(CCNC(=O)F)c1. The molecule has 0 saturated carbocycles. The van der Waals surface area contributed by atoms with E-state index < -0.39 is 6.16 Å². The van der Waals surface area contributed by atoms with Crippen molar-refractivity contribution in [3.63, 3.8) is 0 Å². The maximum atomic E-state index is 11.7. The van der Waals surface area contributed by atoms with E-state index in [1.54, 1.807) is 0 Å². The predicted octanol–water partition coefficient (Wildman–Crippen LogP) is 2.22. The van der Waals surface area contributed by atoms with E-state index in [0.29, 0.717) is 13.0 Å². The highest BCUT2D eigenvalue weighted by molar-refractivity contribution is 5.65. The number of benzene rings is 1. The Morgan fingerprint density at radius 2 is 2.31 bits per heavy atom. The van der Waals surface area contributed by atoms with Crippen LogP contribution in [0.15, 0.2) is 24.3 Å². The highest BCUT2D eigenvalue weighted by atomic mass is 19.1. The molecule has 2 nitrogen and oxygen atoms in total. The zero-order chi connectivity index (χ0) is 9.68. The average molecular weight is 181 g/mol. The van der Waals surface area contributed by atoms with Crippen LogP contribution in [0.1, 0.15) is 11.1 Å². The Morgan fingerprint density at radius 3 is 2.92 bits per heavy atom. The van der Waals surface area contributed by atoms with E-state index >= 15 is 0 Å². The summed E-state index contributed by atoms with van der Waals surface area (Å²) >= 11 is 0. The van der Waals surface area contributed by atoms with Gasteiger partial charge in [0.05, 0.1) is 0 Å². The number of hydrogen-bond donors (Lipinski definition) is 1. The lowest BCUT2D eigenvalue weighted by Crippen LogP contribution is -2.20. The van der Waals surface area contributed by atoms with Crippen LogP contribution in [-0.4, -0.2) is 12.7 Å². The van der Waals surface area contributed by atoms with E-state index in [-0.39, 0.29) is 0 Å². The smallest absolute Gasteiger partial charge is 0.328 e. The number of nitrogens with one attached hydrogen (secondary N) is 1. The van der Waals surface area contributed by atoms with Gasteiger partial charge in [-0.05, 0) is 18.9 Å². The molecule has 0 atom stereocenters. The third-order valence-corrected chi connectivity index (χ3v) is 1.76. The van der Waals surface area contributed by atoms with Crippen molar-refractivity contribution in [1.82, 2.24) is 5.32 Å². The second kappa shape index (κ2) is 4.60. The molecular formula is C10H12FNO. The monoisotopic (exact) mass is 181 g/mol. The maximum absolute atomic E-state index is 11.7. The summed E-state index contributed by atoms with van der Waals surface area (Å²) in [6.07, 6.45) is -0.801. The average Bonchev–Trinajstić information content (AvgIpc) is 2.03. The normalized spacial score (nSPS) is 9.69. The standard InChI is InChI=1S/C10H12FNO/c1-8-3-2-4-9(7-8)5-6-12-10(11)13/h2-4,7H,5-6H2,1H3,(H,12,13). The third kappa shape index (κ3) is 3.69. The van der Waals surface area contributed by atoms with Gasteiger partial charge in [0.25, 0.3) is 0 Å². The summed E-state index contributed by atoms with van der Waals surface area (Å²) in [6.45, 7) is 2.34. The summed E-state index contributed by atoms with van der Waals surface area (Å²) in [5.41, 5.74) is 2.28. The minimum Gasteiger partial charge on any atom is -0.328 e. The molecule has 1 aromatic rings. The van der Waals surface area contributed by atoms with Crippen molar-refractivity contribution in [3.8, 4) is 0 Å². The molecule has 0 fully saturated rings. The van der Waals surface area contributed by atoms with Gasteiger partial charge in [0.1, 0.15) is 0 Å². The van der Waals surface area contributed by atoms with E-state index in [4.69, 9.17) is 0 Å². The number of rotatable bonds is 3. The van der Waals surface area contributed by atoms with Crippen LogP contribution in [0.5, 0.6) is 0 Å². The molecule has 0 aliphatic carbocycles. The van der Waals surface area contributed by atoms with Crippen molar-refractivity contribution in [1.29, 1.82) is 0 Å². The van der Waals surface area contributed by atoms with Crippen molar-refractivity contribution in [2.45, 2.75) is 13.3 Å². The molecule has 3 heteroatoms. The van der Waals surface area contributed by atoms with Crippen molar-refractivity contribution in [3.05, 3.63) is 35.4 Å².